The summed E-state index contributed by atoms with van der Waals surface area (Å²) in [5, 5.41) is 12.6. The zero-order valence-electron chi connectivity index (χ0n) is 14.5. The molecule has 2 heterocycles. The molecule has 0 bridgehead atoms. The van der Waals surface area contributed by atoms with E-state index in [0.717, 1.165) is 36.3 Å². The van der Waals surface area contributed by atoms with E-state index >= 15 is 0 Å². The molecule has 2 aromatic heterocycles. The molecule has 0 atom stereocenters. The van der Waals surface area contributed by atoms with Gasteiger partial charge in [0.05, 0.1) is 0 Å². The van der Waals surface area contributed by atoms with E-state index in [-0.39, 0.29) is 11.8 Å². The average molecular weight is 344 g/mol. The van der Waals surface area contributed by atoms with Crippen molar-refractivity contribution in [2.24, 2.45) is 17.3 Å². The van der Waals surface area contributed by atoms with E-state index in [9.17, 15) is 4.79 Å². The van der Waals surface area contributed by atoms with E-state index in [1.165, 1.54) is 11.3 Å². The topological polar surface area (TPSA) is 67.8 Å². The van der Waals surface area contributed by atoms with Gasteiger partial charge < -0.3 is 5.32 Å². The van der Waals surface area contributed by atoms with E-state index in [1.807, 2.05) is 12.1 Å². The molecule has 1 amide bonds. The second kappa shape index (κ2) is 6.97. The summed E-state index contributed by atoms with van der Waals surface area (Å²) in [6.07, 6.45) is 7.62. The van der Waals surface area contributed by atoms with E-state index in [2.05, 4.69) is 41.3 Å². The average Bonchev–Trinajstić information content (AvgIpc) is 3.03. The molecule has 0 saturated heterocycles. The minimum atomic E-state index is 0.0831. The Labute approximate surface area is 146 Å². The highest BCUT2D eigenvalue weighted by Gasteiger charge is 2.32. The van der Waals surface area contributed by atoms with Gasteiger partial charge in [0.15, 0.2) is 0 Å². The van der Waals surface area contributed by atoms with Crippen LogP contribution in [0.4, 0.5) is 5.13 Å². The molecule has 0 aromatic carbocycles. The quantitative estimate of drug-likeness (QED) is 0.896. The third-order valence-electron chi connectivity index (χ3n) is 4.91. The number of carbonyl (C=O) groups excluding carboxylic acids is 1. The zero-order valence-corrected chi connectivity index (χ0v) is 15.3. The number of nitrogens with one attached hydrogen (secondary N) is 1. The maximum absolute atomic E-state index is 12.5. The highest BCUT2D eigenvalue weighted by atomic mass is 32.1. The lowest BCUT2D eigenvalue weighted by Crippen LogP contribution is -2.31. The maximum Gasteiger partial charge on any atom is 0.229 e. The number of anilines is 1. The predicted octanol–water partition coefficient (Wildman–Crippen LogP) is 4.39. The molecule has 2 aromatic rings. The molecule has 0 spiro atoms. The second-order valence-electron chi connectivity index (χ2n) is 7.55. The molecule has 1 aliphatic rings. The first-order chi connectivity index (χ1) is 11.4. The molecule has 1 aliphatic carbocycles. The standard InChI is InChI=1S/C18H24N4OS/c1-18(2,3)14-6-4-12(5-7-14)15(23)20-17-22-21-16(24-17)13-8-10-19-11-9-13/h8-12,14H,4-7H2,1-3H3,(H,20,22,23). The number of pyridine rings is 1. The molecule has 1 N–H and O–H groups in total. The first-order valence-corrected chi connectivity index (χ1v) is 9.30. The van der Waals surface area contributed by atoms with Gasteiger partial charge in [0, 0.05) is 23.9 Å². The van der Waals surface area contributed by atoms with Crippen LogP contribution in [0.25, 0.3) is 10.6 Å². The molecule has 1 saturated carbocycles. The fourth-order valence-corrected chi connectivity index (χ4v) is 4.07. The highest BCUT2D eigenvalue weighted by Crippen LogP contribution is 2.40. The van der Waals surface area contributed by atoms with E-state index in [0.29, 0.717) is 16.5 Å². The molecular formula is C18H24N4OS. The van der Waals surface area contributed by atoms with Crippen molar-refractivity contribution in [3.05, 3.63) is 24.5 Å². The van der Waals surface area contributed by atoms with E-state index in [1.54, 1.807) is 12.4 Å². The summed E-state index contributed by atoms with van der Waals surface area (Å²) in [6.45, 7) is 6.87. The second-order valence-corrected chi connectivity index (χ2v) is 8.53. The first-order valence-electron chi connectivity index (χ1n) is 8.48. The van der Waals surface area contributed by atoms with Gasteiger partial charge in [-0.25, -0.2) is 0 Å². The monoisotopic (exact) mass is 344 g/mol. The minimum Gasteiger partial charge on any atom is -0.300 e. The van der Waals surface area contributed by atoms with Crippen molar-refractivity contribution in [2.45, 2.75) is 46.5 Å². The Kier molecular flexibility index (Phi) is 4.94. The van der Waals surface area contributed by atoms with Crippen molar-refractivity contribution < 1.29 is 4.79 Å². The SMILES string of the molecule is CC(C)(C)C1CCC(C(=O)Nc2nnc(-c3ccncc3)s2)CC1. The number of amides is 1. The summed E-state index contributed by atoms with van der Waals surface area (Å²) in [5.74, 6) is 0.887. The highest BCUT2D eigenvalue weighted by molar-refractivity contribution is 7.18. The molecule has 128 valence electrons. The van der Waals surface area contributed by atoms with Crippen molar-refractivity contribution in [1.29, 1.82) is 0 Å². The van der Waals surface area contributed by atoms with Crippen LogP contribution in [0.5, 0.6) is 0 Å². The van der Waals surface area contributed by atoms with Crippen molar-refractivity contribution in [1.82, 2.24) is 15.2 Å². The van der Waals surface area contributed by atoms with Gasteiger partial charge in [-0.1, -0.05) is 32.1 Å². The van der Waals surface area contributed by atoms with Crippen LogP contribution in [0.2, 0.25) is 0 Å². The van der Waals surface area contributed by atoms with Crippen LogP contribution in [-0.4, -0.2) is 21.1 Å². The number of rotatable bonds is 3. The fraction of sp³-hybridized carbons (Fsp3) is 0.556. The summed E-state index contributed by atoms with van der Waals surface area (Å²) in [7, 11) is 0. The third kappa shape index (κ3) is 3.98. The van der Waals surface area contributed by atoms with Crippen LogP contribution in [0.1, 0.15) is 46.5 Å². The Balaban J connectivity index is 1.57. The predicted molar refractivity (Wildman–Crippen MR) is 96.7 cm³/mol. The molecular weight excluding hydrogens is 320 g/mol. The fourth-order valence-electron chi connectivity index (χ4n) is 3.31. The number of carbonyl (C=O) groups is 1. The smallest absolute Gasteiger partial charge is 0.229 e. The van der Waals surface area contributed by atoms with Gasteiger partial charge in [0.2, 0.25) is 11.0 Å². The summed E-state index contributed by atoms with van der Waals surface area (Å²) in [4.78, 5) is 16.5. The Morgan fingerprint density at radius 1 is 1.12 bits per heavy atom. The van der Waals surface area contributed by atoms with Gasteiger partial charge in [-0.3, -0.25) is 9.78 Å². The van der Waals surface area contributed by atoms with Crippen molar-refractivity contribution in [3.63, 3.8) is 0 Å². The van der Waals surface area contributed by atoms with Gasteiger partial charge in [-0.2, -0.15) is 0 Å². The third-order valence-corrected chi connectivity index (χ3v) is 5.79. The summed E-state index contributed by atoms with van der Waals surface area (Å²) >= 11 is 1.40. The van der Waals surface area contributed by atoms with Crippen LogP contribution in [0.3, 0.4) is 0 Å². The van der Waals surface area contributed by atoms with Crippen molar-refractivity contribution in [3.8, 4) is 10.6 Å². The van der Waals surface area contributed by atoms with Gasteiger partial charge in [0.25, 0.3) is 0 Å². The molecule has 0 radical (unpaired) electrons. The molecule has 24 heavy (non-hydrogen) atoms. The summed E-state index contributed by atoms with van der Waals surface area (Å²) < 4.78 is 0. The van der Waals surface area contributed by atoms with Gasteiger partial charge in [-0.15, -0.1) is 10.2 Å². The molecule has 1 fully saturated rings. The number of nitrogens with zero attached hydrogens (tertiary/aromatic N) is 3. The number of aromatic nitrogens is 3. The molecule has 3 rings (SSSR count). The Bertz CT molecular complexity index is 685. The van der Waals surface area contributed by atoms with Crippen molar-refractivity contribution >= 4 is 22.4 Å². The van der Waals surface area contributed by atoms with E-state index in [4.69, 9.17) is 0 Å². The first kappa shape index (κ1) is 17.0. The number of hydrogen-bond donors (Lipinski definition) is 1. The largest absolute Gasteiger partial charge is 0.300 e. The number of hydrogen-bond acceptors (Lipinski definition) is 5. The molecule has 0 aliphatic heterocycles. The summed E-state index contributed by atoms with van der Waals surface area (Å²) in [5.41, 5.74) is 1.30. The normalized spacial score (nSPS) is 21.5. The molecule has 5 nitrogen and oxygen atoms in total. The zero-order chi connectivity index (χ0) is 17.2. The molecule has 0 unspecified atom stereocenters. The summed E-state index contributed by atoms with van der Waals surface area (Å²) in [6, 6.07) is 3.78. The Morgan fingerprint density at radius 3 is 2.42 bits per heavy atom. The van der Waals surface area contributed by atoms with Crippen molar-refractivity contribution in [2.75, 3.05) is 5.32 Å². The Morgan fingerprint density at radius 2 is 1.79 bits per heavy atom. The van der Waals surface area contributed by atoms with Crippen LogP contribution < -0.4 is 5.32 Å². The van der Waals surface area contributed by atoms with Crippen LogP contribution in [0, 0.1) is 17.3 Å². The lowest BCUT2D eigenvalue weighted by Gasteiger charge is -2.36. The lowest BCUT2D eigenvalue weighted by atomic mass is 9.70. The van der Waals surface area contributed by atoms with Gasteiger partial charge in [0.1, 0.15) is 5.01 Å². The van der Waals surface area contributed by atoms with Crippen LogP contribution in [0.15, 0.2) is 24.5 Å². The van der Waals surface area contributed by atoms with Gasteiger partial charge in [-0.05, 0) is 49.1 Å². The van der Waals surface area contributed by atoms with Crippen LogP contribution >= 0.6 is 11.3 Å². The Hall–Kier alpha value is -1.82. The van der Waals surface area contributed by atoms with E-state index < -0.39 is 0 Å². The minimum absolute atomic E-state index is 0.0831. The molecule has 6 heteroatoms. The maximum atomic E-state index is 12.5. The van der Waals surface area contributed by atoms with Crippen LogP contribution in [-0.2, 0) is 4.79 Å². The lowest BCUT2D eigenvalue weighted by molar-refractivity contribution is -0.121. The van der Waals surface area contributed by atoms with Gasteiger partial charge >= 0.3 is 0 Å².